The van der Waals surface area contributed by atoms with Gasteiger partial charge in [-0.25, -0.2) is 4.39 Å². The lowest BCUT2D eigenvalue weighted by Gasteiger charge is -2.30. The van der Waals surface area contributed by atoms with Crippen LogP contribution in [0.15, 0.2) is 0 Å². The molecule has 2 nitrogen and oxygen atoms in total. The monoisotopic (exact) mass is 201 g/mol. The standard InChI is InChI=1S/C11H20FNO/c12-11(8-13,10-1-2-10)7-9-3-5-14-6-4-9/h9-10H,1-8,13H2. The smallest absolute Gasteiger partial charge is 0.126 e. The molecule has 82 valence electrons. The quantitative estimate of drug-likeness (QED) is 0.753. The third-order valence-corrected chi connectivity index (χ3v) is 3.62. The second kappa shape index (κ2) is 4.15. The van der Waals surface area contributed by atoms with E-state index in [-0.39, 0.29) is 12.5 Å². The molecule has 1 aliphatic carbocycles. The zero-order valence-electron chi connectivity index (χ0n) is 8.68. The summed E-state index contributed by atoms with van der Waals surface area (Å²) in [4.78, 5) is 0. The number of ether oxygens (including phenoxy) is 1. The highest BCUT2D eigenvalue weighted by Gasteiger charge is 2.45. The predicted octanol–water partition coefficient (Wildman–Crippen LogP) is 1.88. The fourth-order valence-corrected chi connectivity index (χ4v) is 2.45. The molecule has 0 aromatic rings. The van der Waals surface area contributed by atoms with Gasteiger partial charge in [-0.1, -0.05) is 0 Å². The van der Waals surface area contributed by atoms with Gasteiger partial charge in [-0.05, 0) is 43.9 Å². The van der Waals surface area contributed by atoms with E-state index in [1.165, 1.54) is 0 Å². The molecule has 1 heterocycles. The van der Waals surface area contributed by atoms with Crippen LogP contribution >= 0.6 is 0 Å². The van der Waals surface area contributed by atoms with E-state index in [0.717, 1.165) is 38.9 Å². The van der Waals surface area contributed by atoms with Crippen LogP contribution in [0.2, 0.25) is 0 Å². The summed E-state index contributed by atoms with van der Waals surface area (Å²) < 4.78 is 19.6. The summed E-state index contributed by atoms with van der Waals surface area (Å²) in [5.74, 6) is 0.758. The lowest BCUT2D eigenvalue weighted by Crippen LogP contribution is -2.38. The number of hydrogen-bond acceptors (Lipinski definition) is 2. The third kappa shape index (κ3) is 2.26. The highest BCUT2D eigenvalue weighted by atomic mass is 19.1. The molecule has 1 aliphatic heterocycles. The van der Waals surface area contributed by atoms with Crippen molar-refractivity contribution in [2.75, 3.05) is 19.8 Å². The van der Waals surface area contributed by atoms with E-state index >= 15 is 0 Å². The number of halogens is 1. The lowest BCUT2D eigenvalue weighted by molar-refractivity contribution is 0.0302. The van der Waals surface area contributed by atoms with Crippen molar-refractivity contribution in [3.05, 3.63) is 0 Å². The predicted molar refractivity (Wildman–Crippen MR) is 53.8 cm³/mol. The van der Waals surface area contributed by atoms with Gasteiger partial charge in [-0.2, -0.15) is 0 Å². The van der Waals surface area contributed by atoms with Crippen LogP contribution in [0.4, 0.5) is 4.39 Å². The first kappa shape index (κ1) is 10.4. The Hall–Kier alpha value is -0.150. The molecule has 1 saturated heterocycles. The van der Waals surface area contributed by atoms with Gasteiger partial charge in [0.05, 0.1) is 0 Å². The lowest BCUT2D eigenvalue weighted by atomic mass is 9.84. The molecule has 0 bridgehead atoms. The van der Waals surface area contributed by atoms with Crippen molar-refractivity contribution in [1.29, 1.82) is 0 Å². The summed E-state index contributed by atoms with van der Waals surface area (Å²) in [7, 11) is 0. The van der Waals surface area contributed by atoms with E-state index in [2.05, 4.69) is 0 Å². The molecule has 1 atom stereocenters. The molecule has 0 spiro atoms. The van der Waals surface area contributed by atoms with Crippen LogP contribution in [0.5, 0.6) is 0 Å². The van der Waals surface area contributed by atoms with Crippen molar-refractivity contribution < 1.29 is 9.13 Å². The van der Waals surface area contributed by atoms with Crippen LogP contribution in [-0.2, 0) is 4.74 Å². The minimum Gasteiger partial charge on any atom is -0.381 e. The van der Waals surface area contributed by atoms with Gasteiger partial charge in [0.1, 0.15) is 5.67 Å². The largest absolute Gasteiger partial charge is 0.381 e. The Balaban J connectivity index is 1.86. The Morgan fingerprint density at radius 2 is 1.86 bits per heavy atom. The van der Waals surface area contributed by atoms with Crippen LogP contribution in [0.25, 0.3) is 0 Å². The number of rotatable bonds is 4. The summed E-state index contributed by atoms with van der Waals surface area (Å²) in [6, 6.07) is 0. The van der Waals surface area contributed by atoms with E-state index < -0.39 is 5.67 Å². The molecule has 0 radical (unpaired) electrons. The third-order valence-electron chi connectivity index (χ3n) is 3.62. The summed E-state index contributed by atoms with van der Waals surface area (Å²) in [6.45, 7) is 1.81. The molecule has 14 heavy (non-hydrogen) atoms. The fourth-order valence-electron chi connectivity index (χ4n) is 2.45. The highest BCUT2D eigenvalue weighted by Crippen LogP contribution is 2.46. The van der Waals surface area contributed by atoms with Gasteiger partial charge in [-0.3, -0.25) is 0 Å². The summed E-state index contributed by atoms with van der Waals surface area (Å²) >= 11 is 0. The summed E-state index contributed by atoms with van der Waals surface area (Å²) in [6.07, 6.45) is 4.77. The van der Waals surface area contributed by atoms with Crippen LogP contribution in [0.1, 0.15) is 32.1 Å². The van der Waals surface area contributed by atoms with Crippen LogP contribution in [-0.4, -0.2) is 25.4 Å². The zero-order valence-corrected chi connectivity index (χ0v) is 8.68. The maximum Gasteiger partial charge on any atom is 0.126 e. The highest BCUT2D eigenvalue weighted by molar-refractivity contribution is 4.97. The first-order valence-corrected chi connectivity index (χ1v) is 5.71. The minimum absolute atomic E-state index is 0.203. The topological polar surface area (TPSA) is 35.2 Å². The second-order valence-corrected chi connectivity index (χ2v) is 4.77. The summed E-state index contributed by atoms with van der Waals surface area (Å²) in [5, 5.41) is 0. The van der Waals surface area contributed by atoms with Gasteiger partial charge in [-0.15, -0.1) is 0 Å². The molecule has 2 fully saturated rings. The van der Waals surface area contributed by atoms with E-state index in [1.54, 1.807) is 0 Å². The average molecular weight is 201 g/mol. The fraction of sp³-hybridized carbons (Fsp3) is 1.00. The van der Waals surface area contributed by atoms with E-state index in [4.69, 9.17) is 10.5 Å². The number of alkyl halides is 1. The molecule has 0 aromatic heterocycles. The van der Waals surface area contributed by atoms with Crippen molar-refractivity contribution in [2.45, 2.75) is 37.8 Å². The Morgan fingerprint density at radius 1 is 1.21 bits per heavy atom. The second-order valence-electron chi connectivity index (χ2n) is 4.77. The van der Waals surface area contributed by atoms with Gasteiger partial charge in [0.2, 0.25) is 0 Å². The van der Waals surface area contributed by atoms with E-state index in [9.17, 15) is 4.39 Å². The molecule has 0 amide bonds. The van der Waals surface area contributed by atoms with Crippen molar-refractivity contribution in [3.63, 3.8) is 0 Å². The average Bonchev–Trinajstić information content (AvgIpc) is 3.03. The van der Waals surface area contributed by atoms with Crippen molar-refractivity contribution in [1.82, 2.24) is 0 Å². The van der Waals surface area contributed by atoms with Crippen molar-refractivity contribution in [2.24, 2.45) is 17.6 Å². The molecule has 3 heteroatoms. The SMILES string of the molecule is NCC(F)(CC1CCOCC1)C1CC1. The molecular weight excluding hydrogens is 181 g/mol. The van der Waals surface area contributed by atoms with E-state index in [1.807, 2.05) is 0 Å². The molecule has 1 saturated carbocycles. The molecule has 1 unspecified atom stereocenters. The van der Waals surface area contributed by atoms with Gasteiger partial charge in [0.15, 0.2) is 0 Å². The Labute approximate surface area is 85.0 Å². The number of nitrogens with two attached hydrogens (primary N) is 1. The summed E-state index contributed by atoms with van der Waals surface area (Å²) in [5.41, 5.74) is 4.49. The molecular formula is C11H20FNO. The van der Waals surface area contributed by atoms with Gasteiger partial charge < -0.3 is 10.5 Å². The maximum atomic E-state index is 14.3. The van der Waals surface area contributed by atoms with Crippen LogP contribution < -0.4 is 5.73 Å². The Kier molecular flexibility index (Phi) is 3.07. The molecule has 2 rings (SSSR count). The molecule has 2 aliphatic rings. The number of hydrogen-bond donors (Lipinski definition) is 1. The van der Waals surface area contributed by atoms with E-state index in [0.29, 0.717) is 12.3 Å². The Morgan fingerprint density at radius 3 is 2.36 bits per heavy atom. The van der Waals surface area contributed by atoms with Crippen molar-refractivity contribution in [3.8, 4) is 0 Å². The first-order chi connectivity index (χ1) is 6.74. The van der Waals surface area contributed by atoms with Gasteiger partial charge >= 0.3 is 0 Å². The van der Waals surface area contributed by atoms with Gasteiger partial charge in [0, 0.05) is 19.8 Å². The normalized spacial score (nSPS) is 28.7. The molecule has 2 N–H and O–H groups in total. The van der Waals surface area contributed by atoms with Crippen molar-refractivity contribution >= 4 is 0 Å². The maximum absolute atomic E-state index is 14.3. The van der Waals surface area contributed by atoms with Crippen LogP contribution in [0.3, 0.4) is 0 Å². The molecule has 0 aromatic carbocycles. The van der Waals surface area contributed by atoms with Gasteiger partial charge in [0.25, 0.3) is 0 Å². The first-order valence-electron chi connectivity index (χ1n) is 5.71. The minimum atomic E-state index is -1.07. The van der Waals surface area contributed by atoms with Crippen LogP contribution in [0, 0.1) is 11.8 Å². The Bertz CT molecular complexity index is 190. The zero-order chi connectivity index (χ0) is 10.0.